The standard InChI is InChI=1S/C14H30N4.HI/c1-12-7-5-9-18(11-12)10-6-8-16-13(15)17-14(2,3)4;/h12H,5-11H2,1-4H3,(H3,15,16,17);1H. The van der Waals surface area contributed by atoms with E-state index in [4.69, 9.17) is 5.73 Å². The quantitative estimate of drug-likeness (QED) is 0.340. The number of nitrogens with zero attached hydrogens (tertiary/aromatic N) is 2. The van der Waals surface area contributed by atoms with Crippen LogP contribution in [-0.2, 0) is 0 Å². The number of nitrogens with two attached hydrogens (primary N) is 1. The van der Waals surface area contributed by atoms with Crippen molar-refractivity contribution in [1.29, 1.82) is 0 Å². The molecule has 0 aromatic rings. The molecule has 1 heterocycles. The van der Waals surface area contributed by atoms with Gasteiger partial charge in [-0.1, -0.05) is 6.92 Å². The molecule has 1 fully saturated rings. The number of hydrogen-bond acceptors (Lipinski definition) is 2. The molecule has 4 nitrogen and oxygen atoms in total. The Bertz CT molecular complexity index is 273. The minimum absolute atomic E-state index is 0. The van der Waals surface area contributed by atoms with Gasteiger partial charge in [-0.15, -0.1) is 24.0 Å². The molecule has 0 amide bonds. The summed E-state index contributed by atoms with van der Waals surface area (Å²) < 4.78 is 0. The highest BCUT2D eigenvalue weighted by Crippen LogP contribution is 2.15. The van der Waals surface area contributed by atoms with Crippen molar-refractivity contribution in [1.82, 2.24) is 10.2 Å². The van der Waals surface area contributed by atoms with Crippen molar-refractivity contribution in [3.8, 4) is 0 Å². The van der Waals surface area contributed by atoms with Gasteiger partial charge in [0.15, 0.2) is 5.96 Å². The molecular formula is C14H31IN4. The smallest absolute Gasteiger partial charge is 0.188 e. The molecule has 1 saturated heterocycles. The van der Waals surface area contributed by atoms with E-state index < -0.39 is 0 Å². The summed E-state index contributed by atoms with van der Waals surface area (Å²) >= 11 is 0. The second kappa shape index (κ2) is 9.00. The normalized spacial score (nSPS) is 21.9. The third-order valence-electron chi connectivity index (χ3n) is 3.16. The van der Waals surface area contributed by atoms with Gasteiger partial charge in [0.2, 0.25) is 0 Å². The molecule has 1 unspecified atom stereocenters. The van der Waals surface area contributed by atoms with E-state index in [0.717, 1.165) is 25.4 Å². The third kappa shape index (κ3) is 9.49. The van der Waals surface area contributed by atoms with Crippen molar-refractivity contribution >= 4 is 29.9 Å². The fourth-order valence-electron chi connectivity index (χ4n) is 2.41. The minimum Gasteiger partial charge on any atom is -0.370 e. The predicted molar refractivity (Wildman–Crippen MR) is 94.2 cm³/mol. The van der Waals surface area contributed by atoms with Crippen molar-refractivity contribution in [3.05, 3.63) is 0 Å². The van der Waals surface area contributed by atoms with Crippen molar-refractivity contribution in [2.45, 2.75) is 52.5 Å². The molecule has 0 bridgehead atoms. The number of halogens is 1. The number of rotatable bonds is 4. The molecule has 1 aliphatic rings. The van der Waals surface area contributed by atoms with Gasteiger partial charge in [-0.25, -0.2) is 0 Å². The van der Waals surface area contributed by atoms with Gasteiger partial charge in [0.1, 0.15) is 0 Å². The van der Waals surface area contributed by atoms with E-state index in [1.807, 2.05) is 0 Å². The molecule has 114 valence electrons. The Morgan fingerprint density at radius 2 is 2.11 bits per heavy atom. The van der Waals surface area contributed by atoms with Crippen LogP contribution in [-0.4, -0.2) is 42.6 Å². The van der Waals surface area contributed by atoms with Gasteiger partial charge in [-0.05, 0) is 59.0 Å². The Kier molecular flexibility index (Phi) is 8.98. The molecule has 0 saturated carbocycles. The highest BCUT2D eigenvalue weighted by atomic mass is 127. The summed E-state index contributed by atoms with van der Waals surface area (Å²) in [6, 6.07) is 0. The Balaban J connectivity index is 0.00000324. The lowest BCUT2D eigenvalue weighted by Gasteiger charge is -2.30. The molecular weight excluding hydrogens is 351 g/mol. The van der Waals surface area contributed by atoms with Gasteiger partial charge >= 0.3 is 0 Å². The first-order valence-corrected chi connectivity index (χ1v) is 7.17. The van der Waals surface area contributed by atoms with Gasteiger partial charge in [0, 0.05) is 18.6 Å². The van der Waals surface area contributed by atoms with Crippen LogP contribution in [0, 0.1) is 5.92 Å². The molecule has 0 aliphatic carbocycles. The van der Waals surface area contributed by atoms with Crippen molar-refractivity contribution in [2.24, 2.45) is 16.6 Å². The van der Waals surface area contributed by atoms with Gasteiger partial charge in [-0.3, -0.25) is 4.99 Å². The molecule has 1 rings (SSSR count). The predicted octanol–water partition coefficient (Wildman–Crippen LogP) is 2.43. The van der Waals surface area contributed by atoms with E-state index in [9.17, 15) is 0 Å². The molecule has 1 aliphatic heterocycles. The lowest BCUT2D eigenvalue weighted by atomic mass is 10.0. The highest BCUT2D eigenvalue weighted by molar-refractivity contribution is 14.0. The first-order valence-electron chi connectivity index (χ1n) is 7.17. The van der Waals surface area contributed by atoms with E-state index in [1.165, 1.54) is 25.9 Å². The lowest BCUT2D eigenvalue weighted by molar-refractivity contribution is 0.183. The van der Waals surface area contributed by atoms with E-state index in [1.54, 1.807) is 0 Å². The summed E-state index contributed by atoms with van der Waals surface area (Å²) in [5.74, 6) is 1.42. The number of guanidine groups is 1. The molecule has 0 radical (unpaired) electrons. The monoisotopic (exact) mass is 382 g/mol. The highest BCUT2D eigenvalue weighted by Gasteiger charge is 2.15. The van der Waals surface area contributed by atoms with Gasteiger partial charge < -0.3 is 16.0 Å². The van der Waals surface area contributed by atoms with Crippen LogP contribution in [0.25, 0.3) is 0 Å². The third-order valence-corrected chi connectivity index (χ3v) is 3.16. The van der Waals surface area contributed by atoms with Crippen LogP contribution >= 0.6 is 24.0 Å². The van der Waals surface area contributed by atoms with Gasteiger partial charge in [0.05, 0.1) is 0 Å². The first kappa shape index (κ1) is 19.0. The summed E-state index contributed by atoms with van der Waals surface area (Å²) in [7, 11) is 0. The SMILES string of the molecule is CC1CCCN(CCCN=C(N)NC(C)(C)C)C1.I. The Morgan fingerprint density at radius 3 is 2.68 bits per heavy atom. The maximum Gasteiger partial charge on any atom is 0.188 e. The lowest BCUT2D eigenvalue weighted by Crippen LogP contribution is -2.45. The number of hydrogen-bond donors (Lipinski definition) is 2. The number of nitrogens with one attached hydrogen (secondary N) is 1. The molecule has 0 spiro atoms. The second-order valence-electron chi connectivity index (χ2n) is 6.54. The maximum atomic E-state index is 5.83. The van der Waals surface area contributed by atoms with Gasteiger partial charge in [-0.2, -0.15) is 0 Å². The summed E-state index contributed by atoms with van der Waals surface area (Å²) in [4.78, 5) is 6.92. The molecule has 1 atom stereocenters. The molecule has 0 aromatic heterocycles. The number of aliphatic imine (C=N–C) groups is 1. The number of likely N-dealkylation sites (tertiary alicyclic amines) is 1. The average molecular weight is 382 g/mol. The largest absolute Gasteiger partial charge is 0.370 e. The molecule has 19 heavy (non-hydrogen) atoms. The van der Waals surface area contributed by atoms with Crippen LogP contribution in [0.1, 0.15) is 47.0 Å². The van der Waals surface area contributed by atoms with Crippen LogP contribution in [0.15, 0.2) is 4.99 Å². The number of piperidine rings is 1. The first-order chi connectivity index (χ1) is 8.37. The van der Waals surface area contributed by atoms with Gasteiger partial charge in [0.25, 0.3) is 0 Å². The maximum absolute atomic E-state index is 5.83. The summed E-state index contributed by atoms with van der Waals surface area (Å²) in [6.07, 6.45) is 3.83. The zero-order chi connectivity index (χ0) is 13.6. The Labute approximate surface area is 135 Å². The fraction of sp³-hybridized carbons (Fsp3) is 0.929. The van der Waals surface area contributed by atoms with E-state index >= 15 is 0 Å². The molecule has 3 N–H and O–H groups in total. The Morgan fingerprint density at radius 1 is 1.42 bits per heavy atom. The summed E-state index contributed by atoms with van der Waals surface area (Å²) in [5, 5.41) is 3.18. The van der Waals surface area contributed by atoms with Crippen molar-refractivity contribution in [2.75, 3.05) is 26.2 Å². The average Bonchev–Trinajstić information content (AvgIpc) is 2.22. The van der Waals surface area contributed by atoms with Crippen LogP contribution in [0.5, 0.6) is 0 Å². The van der Waals surface area contributed by atoms with E-state index in [2.05, 4.69) is 42.9 Å². The fourth-order valence-corrected chi connectivity index (χ4v) is 2.41. The summed E-state index contributed by atoms with van der Waals surface area (Å²) in [5.41, 5.74) is 5.82. The Hall–Kier alpha value is -0.0400. The van der Waals surface area contributed by atoms with Crippen molar-refractivity contribution in [3.63, 3.8) is 0 Å². The minimum atomic E-state index is -0.00408. The zero-order valence-corrected chi connectivity index (χ0v) is 15.2. The van der Waals surface area contributed by atoms with Crippen LogP contribution < -0.4 is 11.1 Å². The second-order valence-corrected chi connectivity index (χ2v) is 6.54. The topological polar surface area (TPSA) is 53.6 Å². The van der Waals surface area contributed by atoms with Crippen molar-refractivity contribution < 1.29 is 0 Å². The van der Waals surface area contributed by atoms with Crippen LogP contribution in [0.3, 0.4) is 0 Å². The summed E-state index contributed by atoms with van der Waals surface area (Å²) in [6.45, 7) is 13.1. The van der Waals surface area contributed by atoms with E-state index in [-0.39, 0.29) is 29.5 Å². The van der Waals surface area contributed by atoms with E-state index in [0.29, 0.717) is 5.96 Å². The van der Waals surface area contributed by atoms with Crippen LogP contribution in [0.2, 0.25) is 0 Å². The molecule has 0 aromatic carbocycles. The molecule has 5 heteroatoms. The van der Waals surface area contributed by atoms with Crippen LogP contribution in [0.4, 0.5) is 0 Å². The zero-order valence-electron chi connectivity index (χ0n) is 12.9.